The molecule has 0 aromatic rings. The molecule has 1 rings (SSSR count). The summed E-state index contributed by atoms with van der Waals surface area (Å²) in [4.78, 5) is 22.2. The highest BCUT2D eigenvalue weighted by atomic mass is 16.1. The van der Waals surface area contributed by atoms with E-state index in [4.69, 9.17) is 0 Å². The average Bonchev–Trinajstić information content (AvgIpc) is 2.09. The molecule has 0 aromatic heterocycles. The smallest absolute Gasteiger partial charge is 0.144 e. The second-order valence-electron chi connectivity index (χ2n) is 3.33. The van der Waals surface area contributed by atoms with Gasteiger partial charge in [-0.05, 0) is 6.42 Å². The lowest BCUT2D eigenvalue weighted by Crippen LogP contribution is -2.24. The second-order valence-corrected chi connectivity index (χ2v) is 3.33. The molecule has 0 amide bonds. The van der Waals surface area contributed by atoms with Crippen molar-refractivity contribution >= 4 is 11.6 Å². The molecule has 70 valence electrons. The molecule has 0 heterocycles. The summed E-state index contributed by atoms with van der Waals surface area (Å²) in [6.07, 6.45) is 2.87. The van der Waals surface area contributed by atoms with Crippen molar-refractivity contribution in [3.8, 4) is 11.8 Å². The van der Waals surface area contributed by atoms with Gasteiger partial charge in [-0.25, -0.2) is 0 Å². The van der Waals surface area contributed by atoms with Crippen molar-refractivity contribution in [2.24, 2.45) is 5.92 Å². The lowest BCUT2D eigenvalue weighted by Gasteiger charge is -2.16. The van der Waals surface area contributed by atoms with E-state index in [9.17, 15) is 9.59 Å². The molecule has 2 nitrogen and oxygen atoms in total. The highest BCUT2D eigenvalue weighted by Crippen LogP contribution is 2.20. The summed E-state index contributed by atoms with van der Waals surface area (Å²) in [5, 5.41) is 0. The SMILES string of the molecule is CCC#CCC1CCC(=O)CC1=O. The normalized spacial score (nSPS) is 22.4. The Kier molecular flexibility index (Phi) is 3.70. The van der Waals surface area contributed by atoms with Crippen molar-refractivity contribution in [1.82, 2.24) is 0 Å². The fourth-order valence-electron chi connectivity index (χ4n) is 1.46. The Labute approximate surface area is 78.7 Å². The van der Waals surface area contributed by atoms with Gasteiger partial charge in [0.25, 0.3) is 0 Å². The largest absolute Gasteiger partial charge is 0.299 e. The van der Waals surface area contributed by atoms with Crippen molar-refractivity contribution in [2.75, 3.05) is 0 Å². The van der Waals surface area contributed by atoms with Crippen LogP contribution in [0.2, 0.25) is 0 Å². The van der Waals surface area contributed by atoms with Crippen molar-refractivity contribution in [2.45, 2.75) is 39.0 Å². The molecule has 0 saturated heterocycles. The van der Waals surface area contributed by atoms with E-state index < -0.39 is 0 Å². The highest BCUT2D eigenvalue weighted by Gasteiger charge is 2.25. The van der Waals surface area contributed by atoms with Gasteiger partial charge in [0.1, 0.15) is 11.6 Å². The number of ketones is 2. The molecule has 0 radical (unpaired) electrons. The van der Waals surface area contributed by atoms with Crippen molar-refractivity contribution < 1.29 is 9.59 Å². The first-order valence-electron chi connectivity index (χ1n) is 4.74. The maximum Gasteiger partial charge on any atom is 0.144 e. The third-order valence-electron chi connectivity index (χ3n) is 2.25. The van der Waals surface area contributed by atoms with E-state index in [0.717, 1.165) is 6.42 Å². The number of carbonyl (C=O) groups is 2. The fraction of sp³-hybridized carbons (Fsp3) is 0.636. The molecule has 0 spiro atoms. The van der Waals surface area contributed by atoms with Gasteiger partial charge < -0.3 is 0 Å². The molecule has 13 heavy (non-hydrogen) atoms. The first-order chi connectivity index (χ1) is 6.24. The summed E-state index contributed by atoms with van der Waals surface area (Å²) in [7, 11) is 0. The van der Waals surface area contributed by atoms with Gasteiger partial charge in [0.15, 0.2) is 0 Å². The van der Waals surface area contributed by atoms with E-state index in [1.807, 2.05) is 6.92 Å². The third kappa shape index (κ3) is 3.02. The monoisotopic (exact) mass is 178 g/mol. The first-order valence-corrected chi connectivity index (χ1v) is 4.74. The zero-order valence-electron chi connectivity index (χ0n) is 7.93. The maximum absolute atomic E-state index is 11.3. The van der Waals surface area contributed by atoms with E-state index in [2.05, 4.69) is 11.8 Å². The average molecular weight is 178 g/mol. The van der Waals surface area contributed by atoms with E-state index in [-0.39, 0.29) is 23.9 Å². The van der Waals surface area contributed by atoms with Gasteiger partial charge >= 0.3 is 0 Å². The minimum Gasteiger partial charge on any atom is -0.299 e. The van der Waals surface area contributed by atoms with Crippen LogP contribution in [0.15, 0.2) is 0 Å². The molecule has 1 fully saturated rings. The predicted octanol–water partition coefficient (Wildman–Crippen LogP) is 1.73. The van der Waals surface area contributed by atoms with Gasteiger partial charge in [0, 0.05) is 25.2 Å². The first kappa shape index (κ1) is 9.98. The maximum atomic E-state index is 11.3. The van der Waals surface area contributed by atoms with Crippen LogP contribution in [0.5, 0.6) is 0 Å². The van der Waals surface area contributed by atoms with Crippen LogP contribution >= 0.6 is 0 Å². The van der Waals surface area contributed by atoms with Gasteiger partial charge in [-0.2, -0.15) is 0 Å². The molecule has 0 N–H and O–H groups in total. The van der Waals surface area contributed by atoms with Crippen molar-refractivity contribution in [3.05, 3.63) is 0 Å². The minimum absolute atomic E-state index is 0.0248. The topological polar surface area (TPSA) is 34.1 Å². The molecule has 1 atom stereocenters. The molecule has 1 saturated carbocycles. The summed E-state index contributed by atoms with van der Waals surface area (Å²) < 4.78 is 0. The summed E-state index contributed by atoms with van der Waals surface area (Å²) >= 11 is 0. The summed E-state index contributed by atoms with van der Waals surface area (Å²) in [6, 6.07) is 0. The van der Waals surface area contributed by atoms with Gasteiger partial charge in [0.2, 0.25) is 0 Å². The number of carbonyl (C=O) groups excluding carboxylic acids is 2. The zero-order valence-corrected chi connectivity index (χ0v) is 7.93. The summed E-state index contributed by atoms with van der Waals surface area (Å²) in [6.45, 7) is 1.99. The van der Waals surface area contributed by atoms with Crippen LogP contribution in [0.3, 0.4) is 0 Å². The van der Waals surface area contributed by atoms with E-state index in [1.54, 1.807) is 0 Å². The standard InChI is InChI=1S/C11H14O2/c1-2-3-4-5-9-6-7-10(12)8-11(9)13/h9H,2,5-8H2,1H3. The van der Waals surface area contributed by atoms with Crippen LogP contribution in [-0.4, -0.2) is 11.6 Å². The lowest BCUT2D eigenvalue weighted by molar-refractivity contribution is -0.132. The Morgan fingerprint density at radius 3 is 2.77 bits per heavy atom. The summed E-state index contributed by atoms with van der Waals surface area (Å²) in [5.74, 6) is 6.11. The van der Waals surface area contributed by atoms with Crippen LogP contribution in [0, 0.1) is 17.8 Å². The molecule has 0 bridgehead atoms. The van der Waals surface area contributed by atoms with Crippen molar-refractivity contribution in [1.29, 1.82) is 0 Å². The quantitative estimate of drug-likeness (QED) is 0.452. The van der Waals surface area contributed by atoms with Crippen molar-refractivity contribution in [3.63, 3.8) is 0 Å². The number of hydrogen-bond acceptors (Lipinski definition) is 2. The van der Waals surface area contributed by atoms with E-state index in [1.165, 1.54) is 0 Å². The van der Waals surface area contributed by atoms with E-state index >= 15 is 0 Å². The Morgan fingerprint density at radius 1 is 1.38 bits per heavy atom. The van der Waals surface area contributed by atoms with Crippen LogP contribution in [-0.2, 0) is 9.59 Å². The van der Waals surface area contributed by atoms with Crippen LogP contribution in [0.4, 0.5) is 0 Å². The Hall–Kier alpha value is -1.10. The van der Waals surface area contributed by atoms with Gasteiger partial charge in [-0.15, -0.1) is 11.8 Å². The number of hydrogen-bond donors (Lipinski definition) is 0. The number of Topliss-reactive ketones (excluding diaryl/α,β-unsaturated/α-hetero) is 2. The van der Waals surface area contributed by atoms with Crippen LogP contribution in [0.1, 0.15) is 39.0 Å². The second kappa shape index (κ2) is 4.81. The van der Waals surface area contributed by atoms with Gasteiger partial charge in [0.05, 0.1) is 6.42 Å². The molecule has 1 aliphatic carbocycles. The molecule has 0 aromatic carbocycles. The molecular weight excluding hydrogens is 164 g/mol. The zero-order chi connectivity index (χ0) is 9.68. The molecule has 1 unspecified atom stereocenters. The highest BCUT2D eigenvalue weighted by molar-refractivity contribution is 6.02. The molecular formula is C11H14O2. The Bertz CT molecular complexity index is 268. The van der Waals surface area contributed by atoms with E-state index in [0.29, 0.717) is 19.3 Å². The fourth-order valence-corrected chi connectivity index (χ4v) is 1.46. The third-order valence-corrected chi connectivity index (χ3v) is 2.25. The number of rotatable bonds is 1. The molecule has 0 aliphatic heterocycles. The molecule has 1 aliphatic rings. The van der Waals surface area contributed by atoms with Gasteiger partial charge in [-0.3, -0.25) is 9.59 Å². The lowest BCUT2D eigenvalue weighted by atomic mass is 9.85. The minimum atomic E-state index is 0.0248. The Balaban J connectivity index is 2.42. The molecule has 2 heteroatoms. The summed E-state index contributed by atoms with van der Waals surface area (Å²) in [5.41, 5.74) is 0. The predicted molar refractivity (Wildman–Crippen MR) is 50.0 cm³/mol. The van der Waals surface area contributed by atoms with Gasteiger partial charge in [-0.1, -0.05) is 6.92 Å². The van der Waals surface area contributed by atoms with Crippen LogP contribution in [0.25, 0.3) is 0 Å². The Morgan fingerprint density at radius 2 is 2.15 bits per heavy atom. The van der Waals surface area contributed by atoms with Crippen LogP contribution < -0.4 is 0 Å².